The lowest BCUT2D eigenvalue weighted by Crippen LogP contribution is -2.32. The lowest BCUT2D eigenvalue weighted by atomic mass is 10.0. The average molecular weight is 259 g/mol. The molecule has 3 atom stereocenters. The van der Waals surface area contributed by atoms with Crippen molar-refractivity contribution in [1.29, 1.82) is 0 Å². The number of carboxylic acid groups (broad SMARTS) is 1. The quantitative estimate of drug-likeness (QED) is 0.904. The second kappa shape index (κ2) is 4.68. The maximum Gasteiger partial charge on any atom is 0.307 e. The molecule has 1 saturated heterocycles. The van der Waals surface area contributed by atoms with Gasteiger partial charge in [0.05, 0.1) is 17.9 Å². The van der Waals surface area contributed by atoms with Crippen molar-refractivity contribution in [2.24, 2.45) is 11.8 Å². The van der Waals surface area contributed by atoms with Crippen LogP contribution in [-0.4, -0.2) is 28.4 Å². The highest BCUT2D eigenvalue weighted by molar-refractivity contribution is 5.89. The van der Waals surface area contributed by atoms with Crippen LogP contribution in [0, 0.1) is 11.8 Å². The van der Waals surface area contributed by atoms with Gasteiger partial charge in [-0.15, -0.1) is 0 Å². The molecule has 1 heterocycles. The Hall–Kier alpha value is -1.84. The van der Waals surface area contributed by atoms with Crippen LogP contribution >= 0.6 is 0 Å². The Bertz CT molecular complexity index is 499. The predicted molar refractivity (Wildman–Crippen MR) is 69.4 cm³/mol. The highest BCUT2D eigenvalue weighted by Crippen LogP contribution is 2.43. The van der Waals surface area contributed by atoms with Gasteiger partial charge in [0.25, 0.3) is 0 Å². The molecule has 3 unspecified atom stereocenters. The highest BCUT2D eigenvalue weighted by atomic mass is 16.4. The third kappa shape index (κ3) is 2.23. The molecule has 100 valence electrons. The first-order chi connectivity index (χ1) is 9.18. The molecular formula is C15H17NO3. The van der Waals surface area contributed by atoms with Gasteiger partial charge in [0.15, 0.2) is 0 Å². The molecule has 0 radical (unpaired) electrons. The zero-order chi connectivity index (χ0) is 13.4. The van der Waals surface area contributed by atoms with Crippen LogP contribution in [0.5, 0.6) is 0 Å². The van der Waals surface area contributed by atoms with Gasteiger partial charge in [-0.3, -0.25) is 9.59 Å². The van der Waals surface area contributed by atoms with Gasteiger partial charge in [-0.05, 0) is 24.8 Å². The number of hydrogen-bond acceptors (Lipinski definition) is 2. The minimum absolute atomic E-state index is 0.0266. The number of nitrogens with zero attached hydrogens (tertiary/aromatic N) is 1. The van der Waals surface area contributed by atoms with E-state index in [-0.39, 0.29) is 17.9 Å². The van der Waals surface area contributed by atoms with Crippen LogP contribution in [0.4, 0.5) is 0 Å². The molecule has 0 aromatic heterocycles. The molecule has 19 heavy (non-hydrogen) atoms. The van der Waals surface area contributed by atoms with E-state index in [1.165, 1.54) is 0 Å². The van der Waals surface area contributed by atoms with Crippen molar-refractivity contribution in [1.82, 2.24) is 4.90 Å². The monoisotopic (exact) mass is 259 g/mol. The zero-order valence-electron chi connectivity index (χ0n) is 10.7. The Kier molecular flexibility index (Phi) is 3.01. The summed E-state index contributed by atoms with van der Waals surface area (Å²) in [5.74, 6) is -1.56. The van der Waals surface area contributed by atoms with Crippen molar-refractivity contribution < 1.29 is 14.7 Å². The summed E-state index contributed by atoms with van der Waals surface area (Å²) in [6.07, 6.45) is 2.47. The summed E-state index contributed by atoms with van der Waals surface area (Å²) >= 11 is 0. The first kappa shape index (κ1) is 12.2. The fraction of sp³-hybridized carbons (Fsp3) is 0.467. The number of benzene rings is 1. The lowest BCUT2D eigenvalue weighted by molar-refractivity contribution is -0.142. The molecule has 0 spiro atoms. The van der Waals surface area contributed by atoms with Gasteiger partial charge in [-0.1, -0.05) is 30.3 Å². The molecule has 1 aromatic rings. The van der Waals surface area contributed by atoms with Crippen LogP contribution in [0.2, 0.25) is 0 Å². The number of carbonyl (C=O) groups excluding carboxylic acids is 1. The van der Waals surface area contributed by atoms with E-state index >= 15 is 0 Å². The summed E-state index contributed by atoms with van der Waals surface area (Å²) in [5.41, 5.74) is 1.15. The highest BCUT2D eigenvalue weighted by Gasteiger charge is 2.51. The molecule has 1 aromatic carbocycles. The number of aliphatic carboxylic acids is 1. The van der Waals surface area contributed by atoms with Crippen molar-refractivity contribution in [2.75, 3.05) is 6.54 Å². The molecule has 1 aliphatic heterocycles. The third-order valence-electron chi connectivity index (χ3n) is 4.15. The van der Waals surface area contributed by atoms with Crippen LogP contribution < -0.4 is 0 Å². The largest absolute Gasteiger partial charge is 0.481 e. The van der Waals surface area contributed by atoms with E-state index in [0.717, 1.165) is 24.9 Å². The van der Waals surface area contributed by atoms with Gasteiger partial charge >= 0.3 is 5.97 Å². The van der Waals surface area contributed by atoms with Crippen molar-refractivity contribution in [3.63, 3.8) is 0 Å². The normalized spacial score (nSPS) is 29.3. The van der Waals surface area contributed by atoms with Crippen LogP contribution in [0.1, 0.15) is 30.9 Å². The predicted octanol–water partition coefficient (Wildman–Crippen LogP) is 2.07. The summed E-state index contributed by atoms with van der Waals surface area (Å²) in [6, 6.07) is 10.1. The van der Waals surface area contributed by atoms with E-state index in [0.29, 0.717) is 6.42 Å². The smallest absolute Gasteiger partial charge is 0.307 e. The first-order valence-electron chi connectivity index (χ1n) is 6.76. The number of rotatable bonds is 3. The van der Waals surface area contributed by atoms with E-state index in [9.17, 15) is 9.59 Å². The molecule has 3 rings (SSSR count). The Morgan fingerprint density at radius 3 is 2.53 bits per heavy atom. The molecule has 0 bridgehead atoms. The van der Waals surface area contributed by atoms with Gasteiger partial charge in [0, 0.05) is 6.54 Å². The van der Waals surface area contributed by atoms with E-state index in [4.69, 9.17) is 5.11 Å². The molecule has 1 amide bonds. The number of amides is 1. The van der Waals surface area contributed by atoms with E-state index in [1.807, 2.05) is 35.2 Å². The molecule has 1 saturated carbocycles. The fourth-order valence-electron chi connectivity index (χ4n) is 3.01. The average Bonchev–Trinajstić information content (AvgIpc) is 3.08. The third-order valence-corrected chi connectivity index (χ3v) is 4.15. The van der Waals surface area contributed by atoms with Gasteiger partial charge in [0.1, 0.15) is 0 Å². The van der Waals surface area contributed by atoms with Gasteiger partial charge in [0.2, 0.25) is 5.91 Å². The standard InChI is InChI=1S/C15H17NO3/c17-14(11-9-12(11)15(18)19)16-8-4-7-13(16)10-5-2-1-3-6-10/h1-3,5-6,11-13H,4,7-9H2,(H,18,19). The number of hydrogen-bond donors (Lipinski definition) is 1. The molecule has 1 N–H and O–H groups in total. The fourth-order valence-corrected chi connectivity index (χ4v) is 3.01. The topological polar surface area (TPSA) is 57.6 Å². The van der Waals surface area contributed by atoms with Crippen molar-refractivity contribution in [3.05, 3.63) is 35.9 Å². The second-order valence-electron chi connectivity index (χ2n) is 5.39. The Morgan fingerprint density at radius 1 is 1.16 bits per heavy atom. The molecule has 1 aliphatic carbocycles. The number of carboxylic acids is 1. The molecular weight excluding hydrogens is 242 g/mol. The molecule has 4 heteroatoms. The summed E-state index contributed by atoms with van der Waals surface area (Å²) in [4.78, 5) is 25.1. The lowest BCUT2D eigenvalue weighted by Gasteiger charge is -2.25. The molecule has 2 aliphatic rings. The minimum Gasteiger partial charge on any atom is -0.481 e. The molecule has 2 fully saturated rings. The Morgan fingerprint density at radius 2 is 1.89 bits per heavy atom. The van der Waals surface area contributed by atoms with Crippen LogP contribution in [-0.2, 0) is 9.59 Å². The van der Waals surface area contributed by atoms with Crippen LogP contribution in [0.25, 0.3) is 0 Å². The van der Waals surface area contributed by atoms with Crippen molar-refractivity contribution >= 4 is 11.9 Å². The number of likely N-dealkylation sites (tertiary alicyclic amines) is 1. The van der Waals surface area contributed by atoms with E-state index in [1.54, 1.807) is 0 Å². The summed E-state index contributed by atoms with van der Waals surface area (Å²) in [5, 5.41) is 8.93. The van der Waals surface area contributed by atoms with E-state index < -0.39 is 11.9 Å². The Labute approximate surface area is 112 Å². The number of carbonyl (C=O) groups is 2. The van der Waals surface area contributed by atoms with Gasteiger partial charge in [-0.25, -0.2) is 0 Å². The van der Waals surface area contributed by atoms with Crippen molar-refractivity contribution in [3.8, 4) is 0 Å². The maximum absolute atomic E-state index is 12.4. The van der Waals surface area contributed by atoms with Gasteiger partial charge in [-0.2, -0.15) is 0 Å². The van der Waals surface area contributed by atoms with E-state index in [2.05, 4.69) is 0 Å². The SMILES string of the molecule is O=C(O)C1CC1C(=O)N1CCCC1c1ccccc1. The zero-order valence-corrected chi connectivity index (χ0v) is 10.7. The van der Waals surface area contributed by atoms with Crippen LogP contribution in [0.3, 0.4) is 0 Å². The summed E-state index contributed by atoms with van der Waals surface area (Å²) < 4.78 is 0. The van der Waals surface area contributed by atoms with Gasteiger partial charge < -0.3 is 10.0 Å². The summed E-state index contributed by atoms with van der Waals surface area (Å²) in [7, 11) is 0. The first-order valence-corrected chi connectivity index (χ1v) is 6.76. The van der Waals surface area contributed by atoms with Crippen molar-refractivity contribution in [2.45, 2.75) is 25.3 Å². The maximum atomic E-state index is 12.4. The minimum atomic E-state index is -0.839. The van der Waals surface area contributed by atoms with Crippen LogP contribution in [0.15, 0.2) is 30.3 Å². The molecule has 4 nitrogen and oxygen atoms in total. The second-order valence-corrected chi connectivity index (χ2v) is 5.39. The Balaban J connectivity index is 1.74. The summed E-state index contributed by atoms with van der Waals surface area (Å²) in [6.45, 7) is 0.751.